The second kappa shape index (κ2) is 6.09. The van der Waals surface area contributed by atoms with E-state index < -0.39 is 0 Å². The van der Waals surface area contributed by atoms with E-state index in [1.807, 2.05) is 18.8 Å². The zero-order chi connectivity index (χ0) is 13.0. The second-order valence-corrected chi connectivity index (χ2v) is 6.62. The fraction of sp³-hybridized carbons (Fsp3) is 0.600. The summed E-state index contributed by atoms with van der Waals surface area (Å²) in [5.74, 6) is 1.06. The minimum atomic E-state index is 0.0852. The van der Waals surface area contributed by atoms with Crippen LogP contribution in [0.4, 0.5) is 0 Å². The molecule has 1 N–H and O–H groups in total. The number of hydrogen-bond donors (Lipinski definition) is 1. The third kappa shape index (κ3) is 4.01. The van der Waals surface area contributed by atoms with Crippen LogP contribution in [0, 0.1) is 0 Å². The fourth-order valence-electron chi connectivity index (χ4n) is 2.29. The van der Waals surface area contributed by atoms with E-state index >= 15 is 0 Å². The lowest BCUT2D eigenvalue weighted by Gasteiger charge is -2.19. The van der Waals surface area contributed by atoms with E-state index in [0.717, 1.165) is 12.3 Å². The van der Waals surface area contributed by atoms with E-state index in [9.17, 15) is 0 Å². The maximum absolute atomic E-state index is 6.00. The van der Waals surface area contributed by atoms with Crippen molar-refractivity contribution in [1.29, 1.82) is 0 Å². The molecule has 2 rings (SSSR count). The van der Waals surface area contributed by atoms with Gasteiger partial charge in [0.15, 0.2) is 0 Å². The molecule has 0 radical (unpaired) electrons. The van der Waals surface area contributed by atoms with E-state index in [2.05, 4.69) is 43.4 Å². The van der Waals surface area contributed by atoms with Crippen LogP contribution in [-0.2, 0) is 11.3 Å². The molecule has 0 aliphatic carbocycles. The Morgan fingerprint density at radius 3 is 2.61 bits per heavy atom. The molecule has 1 heterocycles. The molecular formula is C15H23NOS. The quantitative estimate of drug-likeness (QED) is 0.824. The number of ether oxygens (including phenoxy) is 1. The highest BCUT2D eigenvalue weighted by atomic mass is 32.2. The van der Waals surface area contributed by atoms with E-state index in [1.165, 1.54) is 23.3 Å². The van der Waals surface area contributed by atoms with Crippen molar-refractivity contribution in [3.8, 4) is 0 Å². The maximum atomic E-state index is 6.00. The molecule has 1 unspecified atom stereocenters. The minimum absolute atomic E-state index is 0.0852. The van der Waals surface area contributed by atoms with E-state index in [1.54, 1.807) is 0 Å². The summed E-state index contributed by atoms with van der Waals surface area (Å²) < 4.78 is 6.00. The predicted octanol–water partition coefficient (Wildman–Crippen LogP) is 3.46. The molecule has 0 bridgehead atoms. The van der Waals surface area contributed by atoms with Crippen molar-refractivity contribution >= 4 is 11.8 Å². The largest absolute Gasteiger partial charge is 0.371 e. The molecule has 100 valence electrons. The molecule has 1 fully saturated rings. The van der Waals surface area contributed by atoms with Crippen molar-refractivity contribution in [2.45, 2.75) is 49.8 Å². The number of rotatable bonds is 5. The van der Waals surface area contributed by atoms with Gasteiger partial charge in [-0.15, -0.1) is 11.8 Å². The summed E-state index contributed by atoms with van der Waals surface area (Å²) in [6.07, 6.45) is 2.79. The summed E-state index contributed by atoms with van der Waals surface area (Å²) in [7, 11) is 1.97. The van der Waals surface area contributed by atoms with Gasteiger partial charge in [-0.3, -0.25) is 0 Å². The Morgan fingerprint density at radius 1 is 1.33 bits per heavy atom. The van der Waals surface area contributed by atoms with Crippen LogP contribution in [0.25, 0.3) is 0 Å². The molecule has 1 aromatic carbocycles. The zero-order valence-electron chi connectivity index (χ0n) is 11.5. The monoisotopic (exact) mass is 265 g/mol. The molecule has 0 aromatic heterocycles. The molecule has 0 spiro atoms. The fourth-order valence-corrected chi connectivity index (χ4v) is 3.23. The first kappa shape index (κ1) is 13.9. The molecule has 1 atom stereocenters. The van der Waals surface area contributed by atoms with Crippen LogP contribution in [0.2, 0.25) is 0 Å². The van der Waals surface area contributed by atoms with Crippen molar-refractivity contribution in [3.63, 3.8) is 0 Å². The summed E-state index contributed by atoms with van der Waals surface area (Å²) >= 11 is 1.90. The number of hydrogen-bond acceptors (Lipinski definition) is 3. The molecule has 0 saturated carbocycles. The van der Waals surface area contributed by atoms with E-state index in [-0.39, 0.29) is 5.60 Å². The molecule has 1 aromatic rings. The molecule has 18 heavy (non-hydrogen) atoms. The Bertz CT molecular complexity index is 375. The van der Waals surface area contributed by atoms with Crippen LogP contribution in [-0.4, -0.2) is 24.5 Å². The first-order valence-electron chi connectivity index (χ1n) is 6.63. The third-order valence-corrected chi connectivity index (χ3v) is 4.44. The Morgan fingerprint density at radius 2 is 2.06 bits per heavy atom. The highest BCUT2D eigenvalue weighted by molar-refractivity contribution is 7.99. The van der Waals surface area contributed by atoms with Gasteiger partial charge >= 0.3 is 0 Å². The van der Waals surface area contributed by atoms with Crippen LogP contribution in [0.15, 0.2) is 29.2 Å². The average Bonchev–Trinajstić information content (AvgIpc) is 2.69. The molecule has 2 nitrogen and oxygen atoms in total. The van der Waals surface area contributed by atoms with Gasteiger partial charge in [-0.25, -0.2) is 0 Å². The SMILES string of the molecule is CNCc1ccc(SCC2CCC(C)(C)O2)cc1. The second-order valence-electron chi connectivity index (χ2n) is 5.52. The zero-order valence-corrected chi connectivity index (χ0v) is 12.3. The van der Waals surface area contributed by atoms with Crippen LogP contribution in [0.3, 0.4) is 0 Å². The average molecular weight is 265 g/mol. The number of benzene rings is 1. The lowest BCUT2D eigenvalue weighted by Crippen LogP contribution is -2.20. The highest BCUT2D eigenvalue weighted by Crippen LogP contribution is 2.32. The standard InChI is InChI=1S/C15H23NOS/c1-15(2)9-8-13(17-15)11-18-14-6-4-12(5-7-14)10-16-3/h4-7,13,16H,8-11H2,1-3H3. The third-order valence-electron chi connectivity index (χ3n) is 3.29. The summed E-state index contributed by atoms with van der Waals surface area (Å²) in [4.78, 5) is 1.34. The molecule has 1 saturated heterocycles. The Hall–Kier alpha value is -0.510. The van der Waals surface area contributed by atoms with Gasteiger partial charge < -0.3 is 10.1 Å². The van der Waals surface area contributed by atoms with Crippen LogP contribution in [0.1, 0.15) is 32.3 Å². The van der Waals surface area contributed by atoms with Gasteiger partial charge in [-0.05, 0) is 51.4 Å². The van der Waals surface area contributed by atoms with Gasteiger partial charge in [-0.1, -0.05) is 12.1 Å². The van der Waals surface area contributed by atoms with E-state index in [4.69, 9.17) is 4.74 Å². The summed E-state index contributed by atoms with van der Waals surface area (Å²) in [6, 6.07) is 8.80. The van der Waals surface area contributed by atoms with Crippen molar-refractivity contribution < 1.29 is 4.74 Å². The van der Waals surface area contributed by atoms with Crippen LogP contribution >= 0.6 is 11.8 Å². The van der Waals surface area contributed by atoms with Crippen molar-refractivity contribution in [2.75, 3.05) is 12.8 Å². The lowest BCUT2D eigenvalue weighted by molar-refractivity contribution is -0.00466. The van der Waals surface area contributed by atoms with Crippen LogP contribution < -0.4 is 5.32 Å². The van der Waals surface area contributed by atoms with Crippen molar-refractivity contribution in [2.24, 2.45) is 0 Å². The Balaban J connectivity index is 1.80. The highest BCUT2D eigenvalue weighted by Gasteiger charge is 2.31. The molecule has 3 heteroatoms. The number of nitrogens with one attached hydrogen (secondary N) is 1. The molecular weight excluding hydrogens is 242 g/mol. The molecule has 1 aliphatic rings. The topological polar surface area (TPSA) is 21.3 Å². The van der Waals surface area contributed by atoms with Crippen molar-refractivity contribution in [1.82, 2.24) is 5.32 Å². The maximum Gasteiger partial charge on any atom is 0.0677 e. The van der Waals surface area contributed by atoms with Crippen LogP contribution in [0.5, 0.6) is 0 Å². The number of thioether (sulfide) groups is 1. The lowest BCUT2D eigenvalue weighted by atomic mass is 10.1. The van der Waals surface area contributed by atoms with Gasteiger partial charge in [-0.2, -0.15) is 0 Å². The predicted molar refractivity (Wildman–Crippen MR) is 78.1 cm³/mol. The van der Waals surface area contributed by atoms with Gasteiger partial charge in [0.2, 0.25) is 0 Å². The Kier molecular flexibility index (Phi) is 4.71. The summed E-state index contributed by atoms with van der Waals surface area (Å²) in [5, 5.41) is 3.16. The van der Waals surface area contributed by atoms with E-state index in [0.29, 0.717) is 6.10 Å². The van der Waals surface area contributed by atoms with Gasteiger partial charge in [0, 0.05) is 17.2 Å². The normalized spacial score (nSPS) is 22.3. The van der Waals surface area contributed by atoms with Gasteiger partial charge in [0.05, 0.1) is 11.7 Å². The Labute approximate surface area is 114 Å². The molecule has 0 amide bonds. The van der Waals surface area contributed by atoms with Crippen molar-refractivity contribution in [3.05, 3.63) is 29.8 Å². The first-order chi connectivity index (χ1) is 8.59. The molecule has 1 aliphatic heterocycles. The van der Waals surface area contributed by atoms with Gasteiger partial charge in [0.25, 0.3) is 0 Å². The minimum Gasteiger partial charge on any atom is -0.371 e. The summed E-state index contributed by atoms with van der Waals surface area (Å²) in [6.45, 7) is 5.30. The first-order valence-corrected chi connectivity index (χ1v) is 7.62. The smallest absolute Gasteiger partial charge is 0.0677 e. The summed E-state index contributed by atoms with van der Waals surface area (Å²) in [5.41, 5.74) is 1.42. The van der Waals surface area contributed by atoms with Gasteiger partial charge in [0.1, 0.15) is 0 Å².